The van der Waals surface area contributed by atoms with Gasteiger partial charge < -0.3 is 9.47 Å². The Morgan fingerprint density at radius 3 is 2.59 bits per heavy atom. The first-order valence-electron chi connectivity index (χ1n) is 10.7. The predicted octanol–water partition coefficient (Wildman–Crippen LogP) is 6.10. The Hall–Kier alpha value is -2.51. The molecule has 0 unspecified atom stereocenters. The van der Waals surface area contributed by atoms with Crippen LogP contribution in [0.15, 0.2) is 52.7 Å². The first-order chi connectivity index (χ1) is 15.5. The van der Waals surface area contributed by atoms with Gasteiger partial charge in [0.2, 0.25) is 5.16 Å². The van der Waals surface area contributed by atoms with Crippen LogP contribution in [0.25, 0.3) is 0 Å². The molecule has 0 fully saturated rings. The number of hydrogen-bond acceptors (Lipinski definition) is 6. The average Bonchev–Trinajstić information content (AvgIpc) is 3.17. The van der Waals surface area contributed by atoms with Gasteiger partial charge in [-0.2, -0.15) is 9.78 Å². The number of nitrogens with zero attached hydrogens (tertiary/aromatic N) is 4. The zero-order valence-electron chi connectivity index (χ0n) is 18.9. The van der Waals surface area contributed by atoms with E-state index in [0.717, 1.165) is 51.5 Å². The summed E-state index contributed by atoms with van der Waals surface area (Å²) < 4.78 is 13.2. The van der Waals surface area contributed by atoms with E-state index >= 15 is 0 Å². The largest absolute Gasteiger partial charge is 0.493 e. The van der Waals surface area contributed by atoms with Gasteiger partial charge in [0.05, 0.1) is 19.9 Å². The van der Waals surface area contributed by atoms with Gasteiger partial charge >= 0.3 is 0 Å². The van der Waals surface area contributed by atoms with Crippen LogP contribution < -0.4 is 9.47 Å². The van der Waals surface area contributed by atoms with Crippen LogP contribution in [0.3, 0.4) is 0 Å². The molecule has 0 spiro atoms. The Balaban J connectivity index is 1.78. The minimum Gasteiger partial charge on any atom is -0.493 e. The number of aromatic nitrogens is 3. The number of thioether (sulfide) groups is 1. The van der Waals surface area contributed by atoms with Crippen LogP contribution in [0, 0.1) is 5.92 Å². The molecule has 3 rings (SSSR count). The van der Waals surface area contributed by atoms with Gasteiger partial charge in [-0.1, -0.05) is 56.3 Å². The number of benzene rings is 2. The van der Waals surface area contributed by atoms with Crippen molar-refractivity contribution in [3.63, 3.8) is 0 Å². The molecule has 3 aromatic rings. The normalized spacial score (nSPS) is 11.4. The molecular formula is C24H29ClN4O2S. The molecule has 0 aliphatic heterocycles. The van der Waals surface area contributed by atoms with Crippen LogP contribution in [0.2, 0.25) is 5.02 Å². The van der Waals surface area contributed by atoms with Crippen LogP contribution in [-0.4, -0.2) is 34.8 Å². The number of ether oxygens (including phenoxy) is 2. The van der Waals surface area contributed by atoms with Gasteiger partial charge in [0.25, 0.3) is 0 Å². The zero-order chi connectivity index (χ0) is 22.9. The van der Waals surface area contributed by atoms with Crippen molar-refractivity contribution < 1.29 is 9.47 Å². The van der Waals surface area contributed by atoms with Crippen molar-refractivity contribution in [1.29, 1.82) is 0 Å². The third-order valence-corrected chi connectivity index (χ3v) is 5.76. The maximum absolute atomic E-state index is 5.99. The molecule has 0 N–H and O–H groups in total. The molecule has 0 bridgehead atoms. The van der Waals surface area contributed by atoms with Gasteiger partial charge in [-0.3, -0.25) is 0 Å². The summed E-state index contributed by atoms with van der Waals surface area (Å²) in [4.78, 5) is 0. The molecule has 0 amide bonds. The maximum atomic E-state index is 5.99. The number of methoxy groups -OCH3 is 1. The molecule has 32 heavy (non-hydrogen) atoms. The summed E-state index contributed by atoms with van der Waals surface area (Å²) in [6.07, 6.45) is 3.56. The molecule has 2 aromatic carbocycles. The Morgan fingerprint density at radius 2 is 1.91 bits per heavy atom. The summed E-state index contributed by atoms with van der Waals surface area (Å²) in [6, 6.07) is 13.6. The summed E-state index contributed by atoms with van der Waals surface area (Å²) in [7, 11) is 1.64. The standard InChI is InChI=1S/C24H29ClN4O2S/c1-5-6-23-27-28-24(32-16-18-7-10-20(25)11-8-18)29(23)26-14-19-9-12-21(22(13-19)30-4)31-15-17(2)3/h7-14,17H,5-6,15-16H2,1-4H3/b26-14-. The summed E-state index contributed by atoms with van der Waals surface area (Å²) in [5.74, 6) is 3.45. The number of rotatable bonds is 11. The zero-order valence-corrected chi connectivity index (χ0v) is 20.5. The molecule has 0 saturated carbocycles. The molecule has 0 aliphatic rings. The van der Waals surface area contributed by atoms with Crippen LogP contribution in [0.4, 0.5) is 0 Å². The molecule has 1 heterocycles. The Bertz CT molecular complexity index is 1030. The van der Waals surface area contributed by atoms with E-state index in [1.807, 2.05) is 47.1 Å². The first kappa shape index (κ1) is 24.1. The molecule has 0 atom stereocenters. The van der Waals surface area contributed by atoms with Gasteiger partial charge in [-0.25, -0.2) is 0 Å². The Labute approximate surface area is 199 Å². The quantitative estimate of drug-likeness (QED) is 0.249. The summed E-state index contributed by atoms with van der Waals surface area (Å²) >= 11 is 7.58. The fourth-order valence-corrected chi connectivity index (χ4v) is 3.86. The lowest BCUT2D eigenvalue weighted by Crippen LogP contribution is -2.05. The monoisotopic (exact) mass is 472 g/mol. The van der Waals surface area contributed by atoms with E-state index in [-0.39, 0.29) is 0 Å². The van der Waals surface area contributed by atoms with Gasteiger partial charge in [-0.05, 0) is 53.8 Å². The van der Waals surface area contributed by atoms with Crippen molar-refractivity contribution in [2.75, 3.05) is 13.7 Å². The Morgan fingerprint density at radius 1 is 1.12 bits per heavy atom. The second-order valence-corrected chi connectivity index (χ2v) is 9.11. The van der Waals surface area contributed by atoms with E-state index in [4.69, 9.17) is 21.1 Å². The predicted molar refractivity (Wildman–Crippen MR) is 131 cm³/mol. The molecule has 170 valence electrons. The SMILES string of the molecule is CCCc1nnc(SCc2ccc(Cl)cc2)n1/N=C\c1ccc(OCC(C)C)c(OC)c1. The average molecular weight is 473 g/mol. The van der Waals surface area contributed by atoms with Crippen LogP contribution in [-0.2, 0) is 12.2 Å². The molecule has 0 saturated heterocycles. The van der Waals surface area contributed by atoms with Crippen molar-refractivity contribution >= 4 is 29.6 Å². The van der Waals surface area contributed by atoms with Gasteiger partial charge in [0.1, 0.15) is 0 Å². The molecule has 0 radical (unpaired) electrons. The highest BCUT2D eigenvalue weighted by atomic mass is 35.5. The number of aryl methyl sites for hydroxylation is 1. The molecule has 8 heteroatoms. The van der Waals surface area contributed by atoms with Crippen LogP contribution in [0.1, 0.15) is 44.1 Å². The summed E-state index contributed by atoms with van der Waals surface area (Å²) in [5, 5.41) is 14.9. The lowest BCUT2D eigenvalue weighted by Gasteiger charge is -2.12. The second-order valence-electron chi connectivity index (χ2n) is 7.74. The van der Waals surface area contributed by atoms with Crippen molar-refractivity contribution in [2.45, 2.75) is 44.5 Å². The summed E-state index contributed by atoms with van der Waals surface area (Å²) in [6.45, 7) is 6.98. The third-order valence-electron chi connectivity index (χ3n) is 4.51. The lowest BCUT2D eigenvalue weighted by molar-refractivity contribution is 0.257. The third kappa shape index (κ3) is 6.74. The van der Waals surface area contributed by atoms with Gasteiger partial charge in [0.15, 0.2) is 17.3 Å². The topological polar surface area (TPSA) is 61.5 Å². The summed E-state index contributed by atoms with van der Waals surface area (Å²) in [5.41, 5.74) is 2.07. The van der Waals surface area contributed by atoms with Crippen molar-refractivity contribution in [2.24, 2.45) is 11.0 Å². The fourth-order valence-electron chi connectivity index (χ4n) is 2.87. The highest BCUT2D eigenvalue weighted by Gasteiger charge is 2.12. The highest BCUT2D eigenvalue weighted by molar-refractivity contribution is 7.98. The van der Waals surface area contributed by atoms with E-state index in [9.17, 15) is 0 Å². The minimum absolute atomic E-state index is 0.440. The van der Waals surface area contributed by atoms with Gasteiger partial charge in [0, 0.05) is 17.2 Å². The van der Waals surface area contributed by atoms with Gasteiger partial charge in [-0.15, -0.1) is 10.2 Å². The fraction of sp³-hybridized carbons (Fsp3) is 0.375. The molecule has 1 aromatic heterocycles. The smallest absolute Gasteiger partial charge is 0.212 e. The van der Waals surface area contributed by atoms with Crippen molar-refractivity contribution in [1.82, 2.24) is 14.9 Å². The highest BCUT2D eigenvalue weighted by Crippen LogP contribution is 2.28. The molecular weight excluding hydrogens is 444 g/mol. The second kappa shape index (κ2) is 11.9. The Kier molecular flexibility index (Phi) is 9.00. The first-order valence-corrected chi connectivity index (χ1v) is 12.0. The van der Waals surface area contributed by atoms with Crippen molar-refractivity contribution in [3.8, 4) is 11.5 Å². The van der Waals surface area contributed by atoms with E-state index in [1.165, 1.54) is 0 Å². The lowest BCUT2D eigenvalue weighted by atomic mass is 10.2. The number of hydrogen-bond donors (Lipinski definition) is 0. The maximum Gasteiger partial charge on any atom is 0.212 e. The molecule has 0 aliphatic carbocycles. The molecule has 6 nitrogen and oxygen atoms in total. The number of halogens is 1. The van der Waals surface area contributed by atoms with E-state index in [0.29, 0.717) is 18.3 Å². The van der Waals surface area contributed by atoms with E-state index in [2.05, 4.69) is 36.1 Å². The van der Waals surface area contributed by atoms with Crippen LogP contribution in [0.5, 0.6) is 11.5 Å². The van der Waals surface area contributed by atoms with E-state index in [1.54, 1.807) is 25.1 Å². The minimum atomic E-state index is 0.440. The van der Waals surface area contributed by atoms with Crippen LogP contribution >= 0.6 is 23.4 Å². The van der Waals surface area contributed by atoms with E-state index < -0.39 is 0 Å². The van der Waals surface area contributed by atoms with Crippen molar-refractivity contribution in [3.05, 3.63) is 64.4 Å².